The van der Waals surface area contributed by atoms with E-state index in [2.05, 4.69) is 26.2 Å². The van der Waals surface area contributed by atoms with Gasteiger partial charge in [-0.1, -0.05) is 6.07 Å². The number of rotatable bonds is 2. The molecule has 1 aromatic carbocycles. The van der Waals surface area contributed by atoms with Crippen molar-refractivity contribution in [1.29, 1.82) is 0 Å². The third-order valence-corrected chi connectivity index (χ3v) is 3.04. The van der Waals surface area contributed by atoms with Crippen LogP contribution in [0, 0.1) is 19.7 Å². The van der Waals surface area contributed by atoms with Crippen LogP contribution in [0.1, 0.15) is 11.1 Å². The minimum Gasteiger partial charge on any atom is -0.339 e. The fraction of sp³-hybridized carbons (Fsp3) is 0.154. The SMILES string of the molecule is Cc1cnc(Nc2cc(F)ccc2C)c(Br)c1. The van der Waals surface area contributed by atoms with Crippen LogP contribution >= 0.6 is 15.9 Å². The molecule has 1 aromatic heterocycles. The molecule has 0 bridgehead atoms. The Morgan fingerprint density at radius 2 is 2.00 bits per heavy atom. The van der Waals surface area contributed by atoms with E-state index < -0.39 is 0 Å². The van der Waals surface area contributed by atoms with Gasteiger partial charge in [0.2, 0.25) is 0 Å². The number of hydrogen-bond acceptors (Lipinski definition) is 2. The van der Waals surface area contributed by atoms with E-state index >= 15 is 0 Å². The lowest BCUT2D eigenvalue weighted by Gasteiger charge is -2.10. The summed E-state index contributed by atoms with van der Waals surface area (Å²) in [6.07, 6.45) is 1.77. The quantitative estimate of drug-likeness (QED) is 0.891. The van der Waals surface area contributed by atoms with E-state index in [1.807, 2.05) is 19.9 Å². The summed E-state index contributed by atoms with van der Waals surface area (Å²) in [4.78, 5) is 4.26. The first-order valence-corrected chi connectivity index (χ1v) is 6.01. The van der Waals surface area contributed by atoms with Gasteiger partial charge in [0.25, 0.3) is 0 Å². The normalized spacial score (nSPS) is 10.4. The highest BCUT2D eigenvalue weighted by Crippen LogP contribution is 2.26. The van der Waals surface area contributed by atoms with Crippen molar-refractivity contribution in [2.45, 2.75) is 13.8 Å². The van der Waals surface area contributed by atoms with Crippen molar-refractivity contribution in [1.82, 2.24) is 4.98 Å². The highest BCUT2D eigenvalue weighted by atomic mass is 79.9. The van der Waals surface area contributed by atoms with Crippen molar-refractivity contribution in [3.05, 3.63) is 51.9 Å². The number of anilines is 2. The molecule has 2 aromatic rings. The van der Waals surface area contributed by atoms with Crippen molar-refractivity contribution in [3.8, 4) is 0 Å². The third-order valence-electron chi connectivity index (χ3n) is 2.43. The van der Waals surface area contributed by atoms with Crippen molar-refractivity contribution < 1.29 is 4.39 Å². The average Bonchev–Trinajstić information content (AvgIpc) is 2.27. The summed E-state index contributed by atoms with van der Waals surface area (Å²) >= 11 is 3.43. The largest absolute Gasteiger partial charge is 0.339 e. The van der Waals surface area contributed by atoms with Crippen LogP contribution in [0.3, 0.4) is 0 Å². The van der Waals surface area contributed by atoms with Gasteiger partial charge in [-0.05, 0) is 59.1 Å². The number of nitrogens with one attached hydrogen (secondary N) is 1. The lowest BCUT2D eigenvalue weighted by atomic mass is 10.2. The zero-order chi connectivity index (χ0) is 12.4. The molecule has 0 aliphatic carbocycles. The van der Waals surface area contributed by atoms with Gasteiger partial charge < -0.3 is 5.32 Å². The standard InChI is InChI=1S/C13H12BrFN2/c1-8-5-11(14)13(16-7-8)17-12-6-10(15)4-3-9(12)2/h3-7H,1-2H3,(H,16,17). The summed E-state index contributed by atoms with van der Waals surface area (Å²) in [5.74, 6) is 0.422. The summed E-state index contributed by atoms with van der Waals surface area (Å²) in [7, 11) is 0. The lowest BCUT2D eigenvalue weighted by Crippen LogP contribution is -1.97. The maximum absolute atomic E-state index is 13.1. The Labute approximate surface area is 108 Å². The molecule has 0 fully saturated rings. The second-order valence-corrected chi connectivity index (χ2v) is 4.78. The molecule has 0 atom stereocenters. The summed E-state index contributed by atoms with van der Waals surface area (Å²) in [6, 6.07) is 6.60. The number of hydrogen-bond donors (Lipinski definition) is 1. The fourth-order valence-electron chi connectivity index (χ4n) is 1.48. The van der Waals surface area contributed by atoms with Crippen LogP contribution in [0.25, 0.3) is 0 Å². The number of halogens is 2. The number of aromatic nitrogens is 1. The molecular formula is C13H12BrFN2. The van der Waals surface area contributed by atoms with Crippen LogP contribution in [0.4, 0.5) is 15.9 Å². The highest BCUT2D eigenvalue weighted by Gasteiger charge is 2.05. The Hall–Kier alpha value is -1.42. The topological polar surface area (TPSA) is 24.9 Å². The Balaban J connectivity index is 2.34. The van der Waals surface area contributed by atoms with Gasteiger partial charge in [0, 0.05) is 11.9 Å². The Morgan fingerprint density at radius 1 is 1.24 bits per heavy atom. The van der Waals surface area contributed by atoms with Crippen molar-refractivity contribution in [2.75, 3.05) is 5.32 Å². The predicted molar refractivity (Wildman–Crippen MR) is 71.1 cm³/mol. The average molecular weight is 295 g/mol. The predicted octanol–water partition coefficient (Wildman–Crippen LogP) is 4.34. The zero-order valence-electron chi connectivity index (χ0n) is 9.59. The summed E-state index contributed by atoms with van der Waals surface area (Å²) in [5.41, 5.74) is 2.76. The Bertz CT molecular complexity index is 555. The number of aryl methyl sites for hydroxylation is 2. The van der Waals surface area contributed by atoms with E-state index in [1.54, 1.807) is 12.3 Å². The summed E-state index contributed by atoms with van der Waals surface area (Å²) in [5, 5.41) is 3.11. The van der Waals surface area contributed by atoms with Gasteiger partial charge in [0.1, 0.15) is 11.6 Å². The summed E-state index contributed by atoms with van der Waals surface area (Å²) < 4.78 is 14.0. The second-order valence-electron chi connectivity index (χ2n) is 3.93. The molecule has 2 rings (SSSR count). The number of benzene rings is 1. The number of pyridine rings is 1. The maximum Gasteiger partial charge on any atom is 0.144 e. The highest BCUT2D eigenvalue weighted by molar-refractivity contribution is 9.10. The molecule has 0 unspecified atom stereocenters. The molecule has 0 aliphatic heterocycles. The van der Waals surface area contributed by atoms with E-state index in [9.17, 15) is 4.39 Å². The zero-order valence-corrected chi connectivity index (χ0v) is 11.2. The molecule has 4 heteroatoms. The van der Waals surface area contributed by atoms with Crippen molar-refractivity contribution in [3.63, 3.8) is 0 Å². The third kappa shape index (κ3) is 2.82. The lowest BCUT2D eigenvalue weighted by molar-refractivity contribution is 0.628. The van der Waals surface area contributed by atoms with Crippen LogP contribution in [-0.4, -0.2) is 4.98 Å². The smallest absolute Gasteiger partial charge is 0.144 e. The van der Waals surface area contributed by atoms with E-state index in [0.29, 0.717) is 5.82 Å². The molecule has 1 N–H and O–H groups in total. The van der Waals surface area contributed by atoms with Gasteiger partial charge in [-0.3, -0.25) is 0 Å². The molecule has 0 radical (unpaired) electrons. The van der Waals surface area contributed by atoms with Gasteiger partial charge in [-0.25, -0.2) is 9.37 Å². The first kappa shape index (κ1) is 12.0. The first-order chi connectivity index (χ1) is 8.06. The molecule has 88 valence electrons. The second kappa shape index (κ2) is 4.84. The molecule has 0 amide bonds. The van der Waals surface area contributed by atoms with E-state index in [-0.39, 0.29) is 5.82 Å². The molecule has 2 nitrogen and oxygen atoms in total. The van der Waals surface area contributed by atoms with Gasteiger partial charge >= 0.3 is 0 Å². The molecule has 0 saturated heterocycles. The number of nitrogens with zero attached hydrogens (tertiary/aromatic N) is 1. The molecule has 0 spiro atoms. The fourth-order valence-corrected chi connectivity index (χ4v) is 2.04. The Kier molecular flexibility index (Phi) is 3.43. The molecule has 0 aliphatic rings. The van der Waals surface area contributed by atoms with Crippen LogP contribution in [0.5, 0.6) is 0 Å². The van der Waals surface area contributed by atoms with Gasteiger partial charge in [-0.15, -0.1) is 0 Å². The molecular weight excluding hydrogens is 283 g/mol. The van der Waals surface area contributed by atoms with Crippen LogP contribution in [0.15, 0.2) is 34.9 Å². The minimum atomic E-state index is -0.263. The monoisotopic (exact) mass is 294 g/mol. The molecule has 0 saturated carbocycles. The van der Waals surface area contributed by atoms with Crippen LogP contribution in [-0.2, 0) is 0 Å². The van der Waals surface area contributed by atoms with Crippen molar-refractivity contribution >= 4 is 27.4 Å². The van der Waals surface area contributed by atoms with E-state index in [4.69, 9.17) is 0 Å². The van der Waals surface area contributed by atoms with Crippen molar-refractivity contribution in [2.24, 2.45) is 0 Å². The van der Waals surface area contributed by atoms with Crippen LogP contribution in [0.2, 0.25) is 0 Å². The minimum absolute atomic E-state index is 0.263. The first-order valence-electron chi connectivity index (χ1n) is 5.21. The Morgan fingerprint density at radius 3 is 2.71 bits per heavy atom. The van der Waals surface area contributed by atoms with E-state index in [1.165, 1.54) is 12.1 Å². The van der Waals surface area contributed by atoms with Gasteiger partial charge in [0.15, 0.2) is 0 Å². The molecule has 1 heterocycles. The maximum atomic E-state index is 13.1. The van der Waals surface area contributed by atoms with Crippen LogP contribution < -0.4 is 5.32 Å². The molecule has 17 heavy (non-hydrogen) atoms. The van der Waals surface area contributed by atoms with Gasteiger partial charge in [0.05, 0.1) is 4.47 Å². The van der Waals surface area contributed by atoms with E-state index in [0.717, 1.165) is 21.3 Å². The summed E-state index contributed by atoms with van der Waals surface area (Å²) in [6.45, 7) is 3.89. The van der Waals surface area contributed by atoms with Gasteiger partial charge in [-0.2, -0.15) is 0 Å².